The molecule has 0 fully saturated rings. The average molecular weight is 453 g/mol. The van der Waals surface area contributed by atoms with E-state index in [0.29, 0.717) is 28.1 Å². The zero-order valence-corrected chi connectivity index (χ0v) is 18.7. The van der Waals surface area contributed by atoms with Crippen LogP contribution in [0.1, 0.15) is 34.6 Å². The predicted octanol–water partition coefficient (Wildman–Crippen LogP) is 3.56. The summed E-state index contributed by atoms with van der Waals surface area (Å²) in [4.78, 5) is 37.7. The van der Waals surface area contributed by atoms with Gasteiger partial charge in [0.25, 0.3) is 5.56 Å². The molecule has 4 rings (SSSR count). The first-order valence-electron chi connectivity index (χ1n) is 9.81. The Balaban J connectivity index is 1.89. The fourth-order valence-electron chi connectivity index (χ4n) is 3.71. The summed E-state index contributed by atoms with van der Waals surface area (Å²) in [5, 5.41) is 13.3. The van der Waals surface area contributed by atoms with Gasteiger partial charge >= 0.3 is 5.97 Å². The van der Waals surface area contributed by atoms with Gasteiger partial charge in [-0.2, -0.15) is 0 Å². The number of carbonyl (C=O) groups is 1. The molecule has 3 heterocycles. The Labute approximate surface area is 188 Å². The molecule has 164 valence electrons. The number of nitrogens with zero attached hydrogens (tertiary/aromatic N) is 5. The molecule has 9 nitrogen and oxygen atoms in total. The van der Waals surface area contributed by atoms with Gasteiger partial charge in [0, 0.05) is 19.7 Å². The molecule has 0 aliphatic carbocycles. The second-order valence-electron chi connectivity index (χ2n) is 7.64. The second-order valence-corrected chi connectivity index (χ2v) is 8.03. The van der Waals surface area contributed by atoms with Gasteiger partial charge in [-0.1, -0.05) is 17.7 Å². The van der Waals surface area contributed by atoms with Crippen LogP contribution in [0, 0.1) is 6.92 Å². The van der Waals surface area contributed by atoms with Crippen LogP contribution in [-0.2, 0) is 14.1 Å². The Morgan fingerprint density at radius 1 is 1.22 bits per heavy atom. The third kappa shape index (κ3) is 3.71. The Bertz CT molecular complexity index is 1430. The average Bonchev–Trinajstić information content (AvgIpc) is 3.17. The lowest BCUT2D eigenvalue weighted by molar-refractivity contribution is 0.0691. The van der Waals surface area contributed by atoms with Crippen LogP contribution >= 0.6 is 11.6 Å². The molecule has 0 spiro atoms. The number of imidazole rings is 1. The SMILES string of the molecule is Cc1cc(C(C)Nc2ccc(Cl)nc2C(=O)O)c2nc(-c3cncn3C)n(C)c(=O)c2c1. The monoisotopic (exact) mass is 452 g/mol. The highest BCUT2D eigenvalue weighted by Gasteiger charge is 2.20. The number of rotatable bonds is 5. The molecule has 0 saturated carbocycles. The lowest BCUT2D eigenvalue weighted by Crippen LogP contribution is -2.22. The molecule has 1 unspecified atom stereocenters. The number of benzene rings is 1. The van der Waals surface area contributed by atoms with Crippen molar-refractivity contribution in [1.29, 1.82) is 0 Å². The van der Waals surface area contributed by atoms with Gasteiger partial charge < -0.3 is 15.0 Å². The fraction of sp³-hybridized carbons (Fsp3) is 0.227. The number of halogens is 1. The predicted molar refractivity (Wildman–Crippen MR) is 122 cm³/mol. The van der Waals surface area contributed by atoms with Crippen molar-refractivity contribution >= 4 is 34.2 Å². The quantitative estimate of drug-likeness (QED) is 0.445. The number of anilines is 1. The van der Waals surface area contributed by atoms with Crippen LogP contribution in [0.15, 0.2) is 41.6 Å². The number of nitrogens with one attached hydrogen (secondary N) is 1. The molecule has 1 aromatic carbocycles. The van der Waals surface area contributed by atoms with Gasteiger partial charge in [-0.3, -0.25) is 9.36 Å². The van der Waals surface area contributed by atoms with E-state index in [9.17, 15) is 14.7 Å². The first-order valence-corrected chi connectivity index (χ1v) is 10.2. The Hall–Kier alpha value is -3.72. The molecular weight excluding hydrogens is 432 g/mol. The third-order valence-corrected chi connectivity index (χ3v) is 5.51. The van der Waals surface area contributed by atoms with Gasteiger partial charge in [-0.05, 0) is 37.6 Å². The number of hydrogen-bond donors (Lipinski definition) is 2. The van der Waals surface area contributed by atoms with E-state index >= 15 is 0 Å². The van der Waals surface area contributed by atoms with E-state index in [1.807, 2.05) is 27.0 Å². The summed E-state index contributed by atoms with van der Waals surface area (Å²) in [6, 6.07) is 6.45. The van der Waals surface area contributed by atoms with E-state index in [4.69, 9.17) is 16.6 Å². The second kappa shape index (κ2) is 8.08. The maximum Gasteiger partial charge on any atom is 0.356 e. The van der Waals surface area contributed by atoms with Gasteiger partial charge in [0.05, 0.1) is 35.2 Å². The largest absolute Gasteiger partial charge is 0.476 e. The van der Waals surface area contributed by atoms with E-state index in [2.05, 4.69) is 15.3 Å². The van der Waals surface area contributed by atoms with Crippen molar-refractivity contribution in [3.63, 3.8) is 0 Å². The van der Waals surface area contributed by atoms with E-state index in [-0.39, 0.29) is 22.4 Å². The first-order chi connectivity index (χ1) is 15.2. The molecule has 4 aromatic rings. The number of aromatic nitrogens is 5. The molecule has 3 aromatic heterocycles. The standard InChI is InChI=1S/C22H21ClN6O3/c1-11-7-13(12(2)25-15-5-6-17(23)26-19(15)22(31)32)18-14(8-11)21(30)29(4)20(27-18)16-9-24-10-28(16)3/h5-10,12,25H,1-4H3,(H,31,32). The maximum atomic E-state index is 13.2. The number of aryl methyl sites for hydroxylation is 2. The minimum atomic E-state index is -1.19. The highest BCUT2D eigenvalue weighted by Crippen LogP contribution is 2.29. The lowest BCUT2D eigenvalue weighted by Gasteiger charge is -2.20. The summed E-state index contributed by atoms with van der Waals surface area (Å²) in [6.45, 7) is 3.77. The minimum absolute atomic E-state index is 0.0904. The Morgan fingerprint density at radius 3 is 2.62 bits per heavy atom. The van der Waals surface area contributed by atoms with Crippen LogP contribution in [-0.4, -0.2) is 35.2 Å². The summed E-state index contributed by atoms with van der Waals surface area (Å²) in [5.41, 5.74) is 2.85. The maximum absolute atomic E-state index is 13.2. The number of fused-ring (bicyclic) bond motifs is 1. The summed E-state index contributed by atoms with van der Waals surface area (Å²) in [6.07, 6.45) is 3.30. The molecule has 0 saturated heterocycles. The van der Waals surface area contributed by atoms with Crippen molar-refractivity contribution in [1.82, 2.24) is 24.1 Å². The summed E-state index contributed by atoms with van der Waals surface area (Å²) < 4.78 is 3.30. The third-order valence-electron chi connectivity index (χ3n) is 5.30. The van der Waals surface area contributed by atoms with Gasteiger partial charge in [-0.25, -0.2) is 19.7 Å². The molecule has 0 radical (unpaired) electrons. The first kappa shape index (κ1) is 21.5. The van der Waals surface area contributed by atoms with Crippen molar-refractivity contribution in [3.8, 4) is 11.5 Å². The smallest absolute Gasteiger partial charge is 0.356 e. The minimum Gasteiger partial charge on any atom is -0.476 e. The Morgan fingerprint density at radius 2 is 1.97 bits per heavy atom. The van der Waals surface area contributed by atoms with Crippen molar-refractivity contribution in [2.75, 3.05) is 5.32 Å². The molecule has 0 aliphatic rings. The molecule has 32 heavy (non-hydrogen) atoms. The summed E-state index contributed by atoms with van der Waals surface area (Å²) in [7, 11) is 3.51. The number of hydrogen-bond acceptors (Lipinski definition) is 6. The molecule has 10 heteroatoms. The fourth-order valence-corrected chi connectivity index (χ4v) is 3.86. The van der Waals surface area contributed by atoms with Crippen LogP contribution < -0.4 is 10.9 Å². The van der Waals surface area contributed by atoms with Crippen LogP contribution in [0.3, 0.4) is 0 Å². The normalized spacial score (nSPS) is 12.2. The number of carboxylic acids is 1. The van der Waals surface area contributed by atoms with Crippen LogP contribution in [0.4, 0.5) is 5.69 Å². The highest BCUT2D eigenvalue weighted by molar-refractivity contribution is 6.29. The molecule has 0 bridgehead atoms. The molecule has 0 aliphatic heterocycles. The van der Waals surface area contributed by atoms with E-state index in [1.54, 1.807) is 36.3 Å². The van der Waals surface area contributed by atoms with Crippen molar-refractivity contribution in [2.24, 2.45) is 14.1 Å². The Kier molecular flexibility index (Phi) is 5.43. The van der Waals surface area contributed by atoms with Crippen molar-refractivity contribution < 1.29 is 9.90 Å². The van der Waals surface area contributed by atoms with Crippen LogP contribution in [0.25, 0.3) is 22.4 Å². The topological polar surface area (TPSA) is 115 Å². The molecular formula is C22H21ClN6O3. The highest BCUT2D eigenvalue weighted by atomic mass is 35.5. The van der Waals surface area contributed by atoms with Crippen molar-refractivity contribution in [3.05, 3.63) is 69.1 Å². The van der Waals surface area contributed by atoms with Gasteiger partial charge in [0.2, 0.25) is 0 Å². The van der Waals surface area contributed by atoms with Gasteiger partial charge in [0.1, 0.15) is 10.8 Å². The van der Waals surface area contributed by atoms with Crippen LogP contribution in [0.2, 0.25) is 5.15 Å². The summed E-state index contributed by atoms with van der Waals surface area (Å²) in [5.74, 6) is -0.707. The molecule has 1 atom stereocenters. The lowest BCUT2D eigenvalue weighted by atomic mass is 10.0. The summed E-state index contributed by atoms with van der Waals surface area (Å²) >= 11 is 5.87. The molecule has 0 amide bonds. The molecule has 2 N–H and O–H groups in total. The zero-order valence-electron chi connectivity index (χ0n) is 17.9. The number of carboxylic acid groups (broad SMARTS) is 1. The van der Waals surface area contributed by atoms with E-state index < -0.39 is 5.97 Å². The number of aromatic carboxylic acids is 1. The van der Waals surface area contributed by atoms with Gasteiger partial charge in [-0.15, -0.1) is 0 Å². The van der Waals surface area contributed by atoms with Crippen LogP contribution in [0.5, 0.6) is 0 Å². The number of pyridine rings is 1. The van der Waals surface area contributed by atoms with E-state index in [0.717, 1.165) is 11.1 Å². The van der Waals surface area contributed by atoms with Crippen molar-refractivity contribution in [2.45, 2.75) is 19.9 Å². The zero-order chi connectivity index (χ0) is 23.2. The van der Waals surface area contributed by atoms with Gasteiger partial charge in [0.15, 0.2) is 11.5 Å². The van der Waals surface area contributed by atoms with E-state index in [1.165, 1.54) is 10.6 Å².